The summed E-state index contributed by atoms with van der Waals surface area (Å²) < 4.78 is 5.53. The van der Waals surface area contributed by atoms with Gasteiger partial charge in [0, 0.05) is 31.0 Å². The number of rotatable bonds is 3. The molecule has 7 nitrogen and oxygen atoms in total. The van der Waals surface area contributed by atoms with E-state index in [2.05, 4.69) is 30.7 Å². The Morgan fingerprint density at radius 1 is 1.25 bits per heavy atom. The second-order valence-electron chi connectivity index (χ2n) is 5.76. The number of aromatic nitrogens is 4. The Morgan fingerprint density at radius 3 is 2.92 bits per heavy atom. The van der Waals surface area contributed by atoms with Gasteiger partial charge in [-0.1, -0.05) is 16.5 Å². The van der Waals surface area contributed by atoms with Gasteiger partial charge in [0.2, 0.25) is 5.82 Å². The number of fused-ring (bicyclic) bond motifs is 1. The Morgan fingerprint density at radius 2 is 2.12 bits per heavy atom. The van der Waals surface area contributed by atoms with Crippen LogP contribution in [-0.4, -0.2) is 33.7 Å². The van der Waals surface area contributed by atoms with Crippen molar-refractivity contribution < 1.29 is 4.52 Å². The van der Waals surface area contributed by atoms with Gasteiger partial charge in [-0.2, -0.15) is 4.98 Å². The third kappa shape index (κ3) is 2.47. The zero-order chi connectivity index (χ0) is 16.7. The number of nitrogens with zero attached hydrogens (tertiary/aromatic N) is 4. The number of thiazole rings is 1. The lowest BCUT2D eigenvalue weighted by Gasteiger charge is -2.19. The van der Waals surface area contributed by atoms with Crippen LogP contribution in [0.2, 0.25) is 0 Å². The highest BCUT2D eigenvalue weighted by Crippen LogP contribution is 2.34. The molecule has 4 heterocycles. The molecule has 0 radical (unpaired) electrons. The van der Waals surface area contributed by atoms with Crippen LogP contribution < -0.4 is 10.6 Å². The Hall–Kier alpha value is -2.32. The molecule has 4 rings (SSSR count). The summed E-state index contributed by atoms with van der Waals surface area (Å²) >= 11 is 1.51. The fraction of sp³-hybridized carbons (Fsp3) is 0.375. The molecular weight excluding hydrogens is 324 g/mol. The summed E-state index contributed by atoms with van der Waals surface area (Å²) in [5.74, 6) is 1.11. The zero-order valence-corrected chi connectivity index (χ0v) is 14.6. The maximum absolute atomic E-state index is 5.53. The summed E-state index contributed by atoms with van der Waals surface area (Å²) in [4.78, 5) is 14.5. The molecule has 0 saturated carbocycles. The van der Waals surface area contributed by atoms with E-state index in [-0.39, 0.29) is 0 Å². The second kappa shape index (κ2) is 5.95. The predicted molar refractivity (Wildman–Crippen MR) is 93.1 cm³/mol. The molecule has 0 saturated heterocycles. The van der Waals surface area contributed by atoms with Crippen LogP contribution in [0.3, 0.4) is 0 Å². The van der Waals surface area contributed by atoms with Crippen molar-refractivity contribution in [2.75, 3.05) is 18.9 Å². The smallest absolute Gasteiger partial charge is 0.270 e. The highest BCUT2D eigenvalue weighted by molar-refractivity contribution is 7.19. The van der Waals surface area contributed by atoms with Crippen LogP contribution in [-0.2, 0) is 13.0 Å². The summed E-state index contributed by atoms with van der Waals surface area (Å²) in [6.07, 6.45) is 2.88. The van der Waals surface area contributed by atoms with Crippen molar-refractivity contribution in [3.8, 4) is 22.2 Å². The van der Waals surface area contributed by atoms with E-state index < -0.39 is 0 Å². The van der Waals surface area contributed by atoms with Gasteiger partial charge in [0.1, 0.15) is 4.88 Å². The number of hydrogen-bond donors (Lipinski definition) is 2. The number of hydrogen-bond acceptors (Lipinski definition) is 8. The van der Waals surface area contributed by atoms with Crippen molar-refractivity contribution in [1.29, 1.82) is 0 Å². The van der Waals surface area contributed by atoms with Crippen molar-refractivity contribution in [1.82, 2.24) is 25.4 Å². The van der Waals surface area contributed by atoms with Crippen molar-refractivity contribution in [3.05, 3.63) is 28.7 Å². The molecule has 0 amide bonds. The number of pyridine rings is 1. The third-order valence-electron chi connectivity index (χ3n) is 4.19. The molecular formula is C16H18N6OS. The molecule has 1 aliphatic rings. The van der Waals surface area contributed by atoms with Crippen molar-refractivity contribution in [3.63, 3.8) is 0 Å². The lowest BCUT2D eigenvalue weighted by atomic mass is 9.95. The molecule has 8 heteroatoms. The maximum atomic E-state index is 5.53. The first-order valence-corrected chi connectivity index (χ1v) is 8.66. The van der Waals surface area contributed by atoms with Crippen LogP contribution in [0.25, 0.3) is 22.2 Å². The molecule has 124 valence electrons. The SMILES string of the molecule is CNc1nc(C)c(-c2nc(-c3c(C)ncc4c3CCNC4)no2)s1. The number of aryl methyl sites for hydroxylation is 2. The predicted octanol–water partition coefficient (Wildman–Crippen LogP) is 2.56. The highest BCUT2D eigenvalue weighted by atomic mass is 32.1. The first-order valence-electron chi connectivity index (χ1n) is 7.85. The summed E-state index contributed by atoms with van der Waals surface area (Å²) in [5, 5.41) is 11.5. The normalized spacial score (nSPS) is 13.8. The molecule has 0 spiro atoms. The van der Waals surface area contributed by atoms with E-state index in [1.807, 2.05) is 27.1 Å². The van der Waals surface area contributed by atoms with E-state index in [4.69, 9.17) is 4.52 Å². The molecule has 3 aromatic rings. The van der Waals surface area contributed by atoms with E-state index in [1.165, 1.54) is 22.5 Å². The van der Waals surface area contributed by atoms with Gasteiger partial charge in [-0.25, -0.2) is 4.98 Å². The van der Waals surface area contributed by atoms with Crippen LogP contribution >= 0.6 is 11.3 Å². The molecule has 0 aromatic carbocycles. The van der Waals surface area contributed by atoms with E-state index in [0.29, 0.717) is 11.7 Å². The van der Waals surface area contributed by atoms with Gasteiger partial charge in [-0.15, -0.1) is 0 Å². The Balaban J connectivity index is 1.79. The van der Waals surface area contributed by atoms with Crippen LogP contribution in [0.5, 0.6) is 0 Å². The summed E-state index contributed by atoms with van der Waals surface area (Å²) in [6.45, 7) is 5.72. The van der Waals surface area contributed by atoms with Gasteiger partial charge in [0.15, 0.2) is 5.13 Å². The van der Waals surface area contributed by atoms with Gasteiger partial charge >= 0.3 is 0 Å². The molecule has 1 aliphatic heterocycles. The molecule has 0 aliphatic carbocycles. The quantitative estimate of drug-likeness (QED) is 0.756. The van der Waals surface area contributed by atoms with Crippen molar-refractivity contribution in [2.45, 2.75) is 26.8 Å². The van der Waals surface area contributed by atoms with Crippen molar-refractivity contribution >= 4 is 16.5 Å². The first-order chi connectivity index (χ1) is 11.7. The summed E-state index contributed by atoms with van der Waals surface area (Å²) in [7, 11) is 1.85. The molecule has 0 fully saturated rings. The average molecular weight is 342 g/mol. The molecule has 0 bridgehead atoms. The minimum absolute atomic E-state index is 0.507. The van der Waals surface area contributed by atoms with Gasteiger partial charge in [-0.3, -0.25) is 4.98 Å². The Labute approximate surface area is 143 Å². The maximum Gasteiger partial charge on any atom is 0.270 e. The second-order valence-corrected chi connectivity index (χ2v) is 6.75. The van der Waals surface area contributed by atoms with Crippen LogP contribution in [0.15, 0.2) is 10.7 Å². The van der Waals surface area contributed by atoms with E-state index in [9.17, 15) is 0 Å². The fourth-order valence-corrected chi connectivity index (χ4v) is 3.83. The lowest BCUT2D eigenvalue weighted by Crippen LogP contribution is -2.24. The standard InChI is InChI=1S/C16H18N6OS/c1-8-12(11-4-5-18-6-10(11)7-19-8)14-21-15(23-22-14)13-9(2)20-16(17-3)24-13/h7,18H,4-6H2,1-3H3,(H,17,20). The fourth-order valence-electron chi connectivity index (χ4n) is 2.99. The lowest BCUT2D eigenvalue weighted by molar-refractivity contribution is 0.432. The number of nitrogens with one attached hydrogen (secondary N) is 2. The first kappa shape index (κ1) is 15.2. The Bertz CT molecular complexity index is 900. The van der Waals surface area contributed by atoms with Gasteiger partial charge < -0.3 is 15.2 Å². The van der Waals surface area contributed by atoms with Gasteiger partial charge in [-0.05, 0) is 37.9 Å². The number of anilines is 1. The molecule has 24 heavy (non-hydrogen) atoms. The minimum atomic E-state index is 0.507. The molecule has 0 atom stereocenters. The van der Waals surface area contributed by atoms with Gasteiger partial charge in [0.25, 0.3) is 5.89 Å². The highest BCUT2D eigenvalue weighted by Gasteiger charge is 2.22. The summed E-state index contributed by atoms with van der Waals surface area (Å²) in [6, 6.07) is 0. The zero-order valence-electron chi connectivity index (χ0n) is 13.8. The largest absolute Gasteiger partial charge is 0.365 e. The third-order valence-corrected chi connectivity index (χ3v) is 5.35. The molecule has 0 unspecified atom stereocenters. The van der Waals surface area contributed by atoms with E-state index in [0.717, 1.165) is 46.5 Å². The average Bonchev–Trinajstić information content (AvgIpc) is 3.21. The minimum Gasteiger partial charge on any atom is -0.365 e. The van der Waals surface area contributed by atoms with Gasteiger partial charge in [0.05, 0.1) is 5.69 Å². The van der Waals surface area contributed by atoms with Crippen molar-refractivity contribution in [2.24, 2.45) is 0 Å². The summed E-state index contributed by atoms with van der Waals surface area (Å²) in [5.41, 5.74) is 5.29. The molecule has 3 aromatic heterocycles. The topological polar surface area (TPSA) is 88.8 Å². The van der Waals surface area contributed by atoms with Crippen LogP contribution in [0, 0.1) is 13.8 Å². The Kier molecular flexibility index (Phi) is 3.78. The van der Waals surface area contributed by atoms with E-state index >= 15 is 0 Å². The monoisotopic (exact) mass is 342 g/mol. The van der Waals surface area contributed by atoms with Crippen LogP contribution in [0.1, 0.15) is 22.5 Å². The van der Waals surface area contributed by atoms with E-state index in [1.54, 1.807) is 0 Å². The molecule has 2 N–H and O–H groups in total. The van der Waals surface area contributed by atoms with Crippen LogP contribution in [0.4, 0.5) is 5.13 Å².